The van der Waals surface area contributed by atoms with Crippen LogP contribution >= 0.6 is 24.8 Å². The molecule has 1 heterocycles. The van der Waals surface area contributed by atoms with Gasteiger partial charge in [-0.2, -0.15) is 0 Å². The van der Waals surface area contributed by atoms with Crippen LogP contribution in [0.2, 0.25) is 0 Å². The van der Waals surface area contributed by atoms with Crippen LogP contribution in [0, 0.1) is 0 Å². The number of ether oxygens (including phenoxy) is 1. The van der Waals surface area contributed by atoms with Crippen LogP contribution in [-0.4, -0.2) is 31.3 Å². The van der Waals surface area contributed by atoms with Crippen LogP contribution in [0.15, 0.2) is 35.1 Å². The van der Waals surface area contributed by atoms with E-state index in [9.17, 15) is 4.79 Å². The number of aromatic amines is 1. The summed E-state index contributed by atoms with van der Waals surface area (Å²) in [5.74, 6) is 0.675. The monoisotopic (exact) mass is 319 g/mol. The summed E-state index contributed by atoms with van der Waals surface area (Å²) in [7, 11) is 1.61. The molecule has 1 aromatic carbocycles. The molecule has 0 aliphatic heterocycles. The van der Waals surface area contributed by atoms with Gasteiger partial charge in [0, 0.05) is 31.7 Å². The molecule has 0 spiro atoms. The van der Waals surface area contributed by atoms with E-state index >= 15 is 0 Å². The van der Waals surface area contributed by atoms with E-state index in [-0.39, 0.29) is 36.3 Å². The topological polar surface area (TPSA) is 80.1 Å². The zero-order chi connectivity index (χ0) is 13.0. The van der Waals surface area contributed by atoms with E-state index in [0.717, 1.165) is 5.52 Å². The molecule has 1 aromatic heterocycles. The van der Waals surface area contributed by atoms with Crippen LogP contribution in [0.25, 0.3) is 10.9 Å². The SMILES string of the molecule is COC(CN)CNc1cc(=O)c2ccccc2[nH]1.Cl.Cl. The number of methoxy groups -OCH3 is 1. The number of aromatic nitrogens is 1. The van der Waals surface area contributed by atoms with Crippen molar-refractivity contribution in [1.82, 2.24) is 4.98 Å². The lowest BCUT2D eigenvalue weighted by molar-refractivity contribution is 0.120. The number of rotatable bonds is 5. The smallest absolute Gasteiger partial charge is 0.191 e. The van der Waals surface area contributed by atoms with Gasteiger partial charge < -0.3 is 20.8 Å². The van der Waals surface area contributed by atoms with Crippen molar-refractivity contribution in [2.24, 2.45) is 5.73 Å². The predicted molar refractivity (Wildman–Crippen MR) is 87.4 cm³/mol. The Balaban J connectivity index is 0.00000180. The minimum atomic E-state index is -0.0695. The average Bonchev–Trinajstić information content (AvgIpc) is 2.40. The number of nitrogens with two attached hydrogens (primary N) is 1. The Morgan fingerprint density at radius 1 is 1.35 bits per heavy atom. The van der Waals surface area contributed by atoms with Crippen molar-refractivity contribution in [2.45, 2.75) is 6.10 Å². The molecular weight excluding hydrogens is 301 g/mol. The van der Waals surface area contributed by atoms with Crippen LogP contribution in [0.5, 0.6) is 0 Å². The van der Waals surface area contributed by atoms with Gasteiger partial charge in [-0.25, -0.2) is 0 Å². The van der Waals surface area contributed by atoms with E-state index in [1.807, 2.05) is 18.2 Å². The van der Waals surface area contributed by atoms with Crippen LogP contribution < -0.4 is 16.5 Å². The van der Waals surface area contributed by atoms with Gasteiger partial charge in [0.25, 0.3) is 0 Å². The number of H-pyrrole nitrogens is 1. The molecule has 112 valence electrons. The van der Waals surface area contributed by atoms with E-state index in [2.05, 4.69) is 10.3 Å². The van der Waals surface area contributed by atoms with Crippen molar-refractivity contribution in [2.75, 3.05) is 25.5 Å². The number of pyridine rings is 1. The third-order valence-corrected chi connectivity index (χ3v) is 2.85. The molecule has 0 aliphatic rings. The first-order chi connectivity index (χ1) is 8.74. The molecule has 20 heavy (non-hydrogen) atoms. The molecule has 1 atom stereocenters. The number of nitrogens with one attached hydrogen (secondary N) is 2. The number of hydrogen-bond donors (Lipinski definition) is 3. The summed E-state index contributed by atoms with van der Waals surface area (Å²) in [6, 6.07) is 8.96. The minimum Gasteiger partial charge on any atom is -0.378 e. The third-order valence-electron chi connectivity index (χ3n) is 2.85. The maximum Gasteiger partial charge on any atom is 0.191 e. The summed E-state index contributed by atoms with van der Waals surface area (Å²) < 4.78 is 5.16. The van der Waals surface area contributed by atoms with Gasteiger partial charge in [0.1, 0.15) is 5.82 Å². The zero-order valence-electron chi connectivity index (χ0n) is 11.1. The van der Waals surface area contributed by atoms with Crippen molar-refractivity contribution in [3.63, 3.8) is 0 Å². The second kappa shape index (κ2) is 8.81. The molecule has 0 amide bonds. The Bertz CT molecular complexity index is 585. The van der Waals surface area contributed by atoms with Crippen LogP contribution in [0.3, 0.4) is 0 Å². The van der Waals surface area contributed by atoms with Crippen molar-refractivity contribution in [3.05, 3.63) is 40.6 Å². The quantitative estimate of drug-likeness (QED) is 0.784. The Hall–Kier alpha value is -1.27. The standard InChI is InChI=1S/C13H17N3O2.2ClH/c1-18-9(7-14)8-15-13-6-12(17)10-4-2-3-5-11(10)16-13;;/h2-6,9H,7-8,14H2,1H3,(H2,15,16,17);2*1H. The molecule has 0 fully saturated rings. The molecule has 2 aromatic rings. The normalized spacial score (nSPS) is 11.3. The van der Waals surface area contributed by atoms with Crippen LogP contribution in [0.4, 0.5) is 5.82 Å². The van der Waals surface area contributed by atoms with Crippen molar-refractivity contribution in [3.8, 4) is 0 Å². The molecule has 1 unspecified atom stereocenters. The maximum absolute atomic E-state index is 11.9. The summed E-state index contributed by atoms with van der Waals surface area (Å²) in [5.41, 5.74) is 6.34. The lowest BCUT2D eigenvalue weighted by Gasteiger charge is -2.14. The van der Waals surface area contributed by atoms with Gasteiger partial charge in [0.05, 0.1) is 11.6 Å². The predicted octanol–water partition coefficient (Wildman–Crippen LogP) is 1.76. The highest BCUT2D eigenvalue weighted by Crippen LogP contribution is 2.10. The third kappa shape index (κ3) is 4.38. The highest BCUT2D eigenvalue weighted by atomic mass is 35.5. The van der Waals surface area contributed by atoms with Crippen LogP contribution in [-0.2, 0) is 4.74 Å². The largest absolute Gasteiger partial charge is 0.378 e. The molecule has 2 rings (SSSR count). The van der Waals surface area contributed by atoms with E-state index in [4.69, 9.17) is 10.5 Å². The van der Waals surface area contributed by atoms with Crippen LogP contribution in [0.1, 0.15) is 0 Å². The lowest BCUT2D eigenvalue weighted by atomic mass is 10.2. The van der Waals surface area contributed by atoms with Crippen molar-refractivity contribution in [1.29, 1.82) is 0 Å². The number of benzene rings is 1. The second-order valence-electron chi connectivity index (χ2n) is 4.07. The Kier molecular flexibility index (Phi) is 8.25. The first-order valence-corrected chi connectivity index (χ1v) is 5.83. The van der Waals surface area contributed by atoms with Crippen molar-refractivity contribution >= 4 is 41.5 Å². The highest BCUT2D eigenvalue weighted by Gasteiger charge is 2.05. The fourth-order valence-corrected chi connectivity index (χ4v) is 1.78. The molecule has 4 N–H and O–H groups in total. The zero-order valence-corrected chi connectivity index (χ0v) is 12.7. The molecule has 0 saturated carbocycles. The van der Waals surface area contributed by atoms with E-state index in [0.29, 0.717) is 24.3 Å². The fraction of sp³-hybridized carbons (Fsp3) is 0.308. The van der Waals surface area contributed by atoms with Gasteiger partial charge in [-0.1, -0.05) is 12.1 Å². The highest BCUT2D eigenvalue weighted by molar-refractivity contribution is 5.85. The maximum atomic E-state index is 11.9. The molecule has 0 bridgehead atoms. The lowest BCUT2D eigenvalue weighted by Crippen LogP contribution is -2.30. The first kappa shape index (κ1) is 18.7. The fourth-order valence-electron chi connectivity index (χ4n) is 1.78. The summed E-state index contributed by atoms with van der Waals surface area (Å²) in [4.78, 5) is 15.0. The van der Waals surface area contributed by atoms with Gasteiger partial charge in [0.15, 0.2) is 5.43 Å². The van der Waals surface area contributed by atoms with E-state index < -0.39 is 0 Å². The minimum absolute atomic E-state index is 0. The van der Waals surface area contributed by atoms with E-state index in [1.165, 1.54) is 0 Å². The number of fused-ring (bicyclic) bond motifs is 1. The summed E-state index contributed by atoms with van der Waals surface area (Å²) in [6.45, 7) is 0.989. The molecule has 0 saturated heterocycles. The Morgan fingerprint density at radius 3 is 2.70 bits per heavy atom. The van der Waals surface area contributed by atoms with Gasteiger partial charge in [-0.3, -0.25) is 4.79 Å². The molecule has 0 aliphatic carbocycles. The molecular formula is C13H19Cl2N3O2. The average molecular weight is 320 g/mol. The summed E-state index contributed by atoms with van der Waals surface area (Å²) >= 11 is 0. The number of hydrogen-bond acceptors (Lipinski definition) is 4. The second-order valence-corrected chi connectivity index (χ2v) is 4.07. The van der Waals surface area contributed by atoms with Gasteiger partial charge in [0.2, 0.25) is 0 Å². The molecule has 5 nitrogen and oxygen atoms in total. The number of anilines is 1. The number of para-hydroxylation sites is 1. The molecule has 0 radical (unpaired) electrons. The van der Waals surface area contributed by atoms with Crippen molar-refractivity contribution < 1.29 is 4.74 Å². The van der Waals surface area contributed by atoms with Gasteiger partial charge in [-0.15, -0.1) is 24.8 Å². The molecule has 7 heteroatoms. The van der Waals surface area contributed by atoms with Gasteiger partial charge >= 0.3 is 0 Å². The van der Waals surface area contributed by atoms with Gasteiger partial charge in [-0.05, 0) is 12.1 Å². The Labute approximate surface area is 129 Å². The number of halogens is 2. The summed E-state index contributed by atoms with van der Waals surface area (Å²) in [5, 5.41) is 3.80. The Morgan fingerprint density at radius 2 is 2.05 bits per heavy atom. The van der Waals surface area contributed by atoms with E-state index in [1.54, 1.807) is 19.2 Å². The first-order valence-electron chi connectivity index (χ1n) is 5.83. The summed E-state index contributed by atoms with van der Waals surface area (Å²) in [6.07, 6.45) is -0.0695.